The lowest BCUT2D eigenvalue weighted by Gasteiger charge is -2.26. The lowest BCUT2D eigenvalue weighted by atomic mass is 10.0. The van der Waals surface area contributed by atoms with E-state index in [9.17, 15) is 19.2 Å². The van der Waals surface area contributed by atoms with E-state index in [1.165, 1.54) is 4.68 Å². The highest BCUT2D eigenvalue weighted by molar-refractivity contribution is 6.05. The number of benzene rings is 2. The van der Waals surface area contributed by atoms with Gasteiger partial charge >= 0.3 is 0 Å². The quantitative estimate of drug-likeness (QED) is 0.0960. The highest BCUT2D eigenvalue weighted by Crippen LogP contribution is 2.32. The highest BCUT2D eigenvalue weighted by atomic mass is 16.5. The van der Waals surface area contributed by atoms with Crippen LogP contribution in [0.1, 0.15) is 66.4 Å². The smallest absolute Gasteiger partial charge is 0.276 e. The van der Waals surface area contributed by atoms with Crippen LogP contribution in [0.15, 0.2) is 54.6 Å². The summed E-state index contributed by atoms with van der Waals surface area (Å²) in [6.07, 6.45) is 4.57. The molecule has 0 unspecified atom stereocenters. The number of rotatable bonds is 15. The molecule has 1 fully saturated rings. The number of carbonyl (C=O) groups is 4. The van der Waals surface area contributed by atoms with Gasteiger partial charge in [-0.3, -0.25) is 39.2 Å². The highest BCUT2D eigenvalue weighted by Gasteiger charge is 2.23. The van der Waals surface area contributed by atoms with Gasteiger partial charge in [0, 0.05) is 37.8 Å². The van der Waals surface area contributed by atoms with Gasteiger partial charge in [0.2, 0.25) is 23.7 Å². The summed E-state index contributed by atoms with van der Waals surface area (Å²) in [5.74, 6) is -0.708. The predicted molar refractivity (Wildman–Crippen MR) is 209 cm³/mol. The zero-order chi connectivity index (χ0) is 39.7. The van der Waals surface area contributed by atoms with Crippen LogP contribution in [0.4, 0.5) is 11.9 Å². The fraction of sp³-hybridized carbons (Fsp3) is 0.316. The largest absolute Gasteiger partial charge is 0.491 e. The molecule has 2 aromatic carbocycles. The van der Waals surface area contributed by atoms with Crippen molar-refractivity contribution in [2.24, 2.45) is 24.4 Å². The lowest BCUT2D eigenvalue weighted by Crippen LogP contribution is -2.42. The van der Waals surface area contributed by atoms with Crippen molar-refractivity contribution in [3.05, 3.63) is 88.5 Å². The minimum atomic E-state index is -0.641. The molecule has 18 heteroatoms. The summed E-state index contributed by atoms with van der Waals surface area (Å²) in [5.41, 5.74) is 15.9. The van der Waals surface area contributed by atoms with Crippen LogP contribution in [0.2, 0.25) is 0 Å². The first-order valence-corrected chi connectivity index (χ1v) is 18.2. The topological polar surface area (TPSA) is 237 Å². The molecule has 6 aromatic rings. The Hall–Kier alpha value is -6.82. The molecule has 7 rings (SSSR count). The van der Waals surface area contributed by atoms with Crippen LogP contribution >= 0.6 is 0 Å². The molecule has 5 heterocycles. The van der Waals surface area contributed by atoms with Crippen LogP contribution in [-0.2, 0) is 26.7 Å². The van der Waals surface area contributed by atoms with Crippen molar-refractivity contribution in [2.75, 3.05) is 30.3 Å². The number of nitrogens with zero attached hydrogens (tertiary/aromatic N) is 8. The Bertz CT molecular complexity index is 2540. The number of fused-ring (bicyclic) bond motifs is 2. The molecule has 0 bridgehead atoms. The Balaban J connectivity index is 1.23. The molecule has 0 spiro atoms. The summed E-state index contributed by atoms with van der Waals surface area (Å²) in [6, 6.07) is 11.5. The van der Waals surface area contributed by atoms with Crippen molar-refractivity contribution in [1.29, 1.82) is 0 Å². The molecule has 0 atom stereocenters. The van der Waals surface area contributed by atoms with Gasteiger partial charge < -0.3 is 30.7 Å². The molecule has 290 valence electrons. The Morgan fingerprint density at radius 2 is 1.46 bits per heavy atom. The third-order valence-electron chi connectivity index (χ3n) is 9.64. The number of imidazole rings is 2. The standard InChI is InChI=1S/C38H43N13O5/c1-5-51-30(15-22(3)47-51)36(55)45-37-42-26-16-24(33(39)52)8-9-28(26)49(37)11-6-7-12-50-32-27(43-38(50)44-35(54)29-14-21(2)46-48(29)4)17-25(34(40)53)18-31(32)56-13-10-23-19-41-20-23/h6-9,14-18,23,41H,5,10-13,19-20H2,1-4H3,(H2,39,52)(H2,40,53)(H,42,45,55)(H,43,44,54)/b7-6+. The van der Waals surface area contributed by atoms with Crippen molar-refractivity contribution in [3.63, 3.8) is 0 Å². The zero-order valence-electron chi connectivity index (χ0n) is 31.5. The van der Waals surface area contributed by atoms with Crippen molar-refractivity contribution < 1.29 is 23.9 Å². The molecule has 0 radical (unpaired) electrons. The van der Waals surface area contributed by atoms with Crippen molar-refractivity contribution in [3.8, 4) is 5.75 Å². The van der Waals surface area contributed by atoms with E-state index in [2.05, 4.69) is 31.1 Å². The van der Waals surface area contributed by atoms with Crippen LogP contribution in [-0.4, -0.2) is 82.0 Å². The summed E-state index contributed by atoms with van der Waals surface area (Å²) in [6.45, 7) is 8.70. The van der Waals surface area contributed by atoms with Crippen molar-refractivity contribution in [2.45, 2.75) is 46.8 Å². The van der Waals surface area contributed by atoms with E-state index in [1.54, 1.807) is 70.3 Å². The van der Waals surface area contributed by atoms with Gasteiger partial charge in [0.25, 0.3) is 11.8 Å². The molecule has 7 N–H and O–H groups in total. The Morgan fingerprint density at radius 1 is 0.839 bits per heavy atom. The Labute approximate surface area is 320 Å². The van der Waals surface area contributed by atoms with Gasteiger partial charge in [0.1, 0.15) is 22.7 Å². The average molecular weight is 762 g/mol. The number of ether oxygens (including phenoxy) is 1. The van der Waals surface area contributed by atoms with Gasteiger partial charge in [-0.05, 0) is 88.7 Å². The first-order chi connectivity index (χ1) is 26.9. The number of nitrogens with one attached hydrogen (secondary N) is 3. The molecular formula is C38H43N13O5. The summed E-state index contributed by atoms with van der Waals surface area (Å²) < 4.78 is 13.0. The van der Waals surface area contributed by atoms with E-state index in [0.717, 1.165) is 19.5 Å². The number of aryl methyl sites for hydroxylation is 4. The summed E-state index contributed by atoms with van der Waals surface area (Å²) in [5, 5.41) is 17.8. The normalized spacial score (nSPS) is 13.1. The number of nitrogens with two attached hydrogens (primary N) is 2. The average Bonchev–Trinajstić information content (AvgIpc) is 3.89. The molecule has 0 aliphatic carbocycles. The predicted octanol–water partition coefficient (Wildman–Crippen LogP) is 2.90. The molecular weight excluding hydrogens is 719 g/mol. The third kappa shape index (κ3) is 7.58. The molecule has 1 aliphatic heterocycles. The van der Waals surface area contributed by atoms with E-state index in [1.807, 2.05) is 26.0 Å². The molecule has 18 nitrogen and oxygen atoms in total. The first-order valence-electron chi connectivity index (χ1n) is 18.2. The van der Waals surface area contributed by atoms with E-state index < -0.39 is 23.6 Å². The molecule has 1 aliphatic rings. The monoisotopic (exact) mass is 761 g/mol. The second kappa shape index (κ2) is 15.5. The number of amides is 4. The van der Waals surface area contributed by atoms with Crippen molar-refractivity contribution >= 4 is 57.6 Å². The van der Waals surface area contributed by atoms with E-state index in [0.29, 0.717) is 69.7 Å². The van der Waals surface area contributed by atoms with Crippen LogP contribution in [0, 0.1) is 19.8 Å². The van der Waals surface area contributed by atoms with Crippen LogP contribution in [0.3, 0.4) is 0 Å². The van der Waals surface area contributed by atoms with Crippen molar-refractivity contribution in [1.82, 2.24) is 44.0 Å². The molecule has 1 saturated heterocycles. The van der Waals surface area contributed by atoms with Crippen LogP contribution in [0.5, 0.6) is 5.75 Å². The second-order valence-corrected chi connectivity index (χ2v) is 13.7. The van der Waals surface area contributed by atoms with Gasteiger partial charge in [-0.1, -0.05) is 12.2 Å². The number of carbonyl (C=O) groups excluding carboxylic acids is 4. The summed E-state index contributed by atoms with van der Waals surface area (Å²) in [4.78, 5) is 60.8. The summed E-state index contributed by atoms with van der Waals surface area (Å²) in [7, 11) is 1.68. The van der Waals surface area contributed by atoms with Gasteiger partial charge in [0.15, 0.2) is 0 Å². The second-order valence-electron chi connectivity index (χ2n) is 13.7. The number of hydrogen-bond acceptors (Lipinski definition) is 10. The molecule has 0 saturated carbocycles. The van der Waals surface area contributed by atoms with Crippen LogP contribution < -0.4 is 32.2 Å². The van der Waals surface area contributed by atoms with Crippen LogP contribution in [0.25, 0.3) is 22.1 Å². The van der Waals surface area contributed by atoms with Gasteiger partial charge in [-0.2, -0.15) is 10.2 Å². The number of anilines is 2. The van der Waals surface area contributed by atoms with Gasteiger partial charge in [-0.15, -0.1) is 0 Å². The molecule has 56 heavy (non-hydrogen) atoms. The Morgan fingerprint density at radius 3 is 2.11 bits per heavy atom. The Kier molecular flexibility index (Phi) is 10.4. The van der Waals surface area contributed by atoms with Gasteiger partial charge in [0.05, 0.1) is 34.5 Å². The number of primary amides is 2. The fourth-order valence-corrected chi connectivity index (χ4v) is 6.69. The van der Waals surface area contributed by atoms with E-state index in [-0.39, 0.29) is 36.1 Å². The molecule has 4 aromatic heterocycles. The van der Waals surface area contributed by atoms with Gasteiger partial charge in [-0.25, -0.2) is 9.97 Å². The fourth-order valence-electron chi connectivity index (χ4n) is 6.69. The number of aromatic nitrogens is 8. The third-order valence-corrected chi connectivity index (χ3v) is 9.64. The minimum Gasteiger partial charge on any atom is -0.491 e. The number of hydrogen-bond donors (Lipinski definition) is 5. The maximum absolute atomic E-state index is 13.5. The SMILES string of the molecule is CCn1nc(C)cc1C(=O)Nc1nc2cc(C(N)=O)ccc2n1C/C=C/Cn1c(NC(=O)c2cc(C)nn2C)nc2cc(C(N)=O)cc(OCCC3CNC3)c21. The maximum Gasteiger partial charge on any atom is 0.276 e. The maximum atomic E-state index is 13.5. The first kappa shape index (κ1) is 37.5. The summed E-state index contributed by atoms with van der Waals surface area (Å²) >= 11 is 0. The van der Waals surface area contributed by atoms with E-state index >= 15 is 0 Å². The number of allylic oxidation sites excluding steroid dienone is 2. The molecule has 4 amide bonds. The minimum absolute atomic E-state index is 0.213. The lowest BCUT2D eigenvalue weighted by molar-refractivity contribution is 0.0992. The van der Waals surface area contributed by atoms with E-state index in [4.69, 9.17) is 21.2 Å². The zero-order valence-corrected chi connectivity index (χ0v) is 31.5.